The number of hydrogen-bond acceptors (Lipinski definition) is 7. The Hall–Kier alpha value is -4.25. The van der Waals surface area contributed by atoms with Crippen molar-refractivity contribution >= 4 is 27.5 Å². The highest BCUT2D eigenvalue weighted by Crippen LogP contribution is 2.32. The predicted molar refractivity (Wildman–Crippen MR) is 162 cm³/mol. The normalized spacial score (nSPS) is 11.9. The molecule has 10 nitrogen and oxygen atoms in total. The van der Waals surface area contributed by atoms with E-state index in [0.717, 1.165) is 15.4 Å². The van der Waals surface area contributed by atoms with Gasteiger partial charge in [-0.2, -0.15) is 0 Å². The van der Waals surface area contributed by atoms with Crippen molar-refractivity contribution in [2.45, 2.75) is 51.2 Å². The molecule has 0 bridgehead atoms. The van der Waals surface area contributed by atoms with Crippen molar-refractivity contribution in [3.63, 3.8) is 0 Å². The Morgan fingerprint density at radius 1 is 0.857 bits per heavy atom. The van der Waals surface area contributed by atoms with Gasteiger partial charge in [-0.1, -0.05) is 29.8 Å². The molecule has 0 spiro atoms. The van der Waals surface area contributed by atoms with Gasteiger partial charge in [0.15, 0.2) is 11.5 Å². The van der Waals surface area contributed by atoms with E-state index in [0.29, 0.717) is 17.2 Å². The second kappa shape index (κ2) is 14.1. The van der Waals surface area contributed by atoms with Gasteiger partial charge in [-0.3, -0.25) is 13.9 Å². The lowest BCUT2D eigenvalue weighted by Gasteiger charge is -2.32. The monoisotopic (exact) mass is 597 g/mol. The first-order valence-electron chi connectivity index (χ1n) is 13.5. The van der Waals surface area contributed by atoms with E-state index in [2.05, 4.69) is 5.32 Å². The number of anilines is 1. The maximum Gasteiger partial charge on any atom is 0.264 e. The Bertz CT molecular complexity index is 1490. The third kappa shape index (κ3) is 7.73. The third-order valence-electron chi connectivity index (χ3n) is 6.63. The number of aryl methyl sites for hydroxylation is 1. The number of amides is 2. The summed E-state index contributed by atoms with van der Waals surface area (Å²) in [6, 6.07) is 17.2. The van der Waals surface area contributed by atoms with Gasteiger partial charge in [0.2, 0.25) is 11.8 Å². The second-order valence-electron chi connectivity index (χ2n) is 10.1. The quantitative estimate of drug-likeness (QED) is 0.315. The Kier molecular flexibility index (Phi) is 10.8. The predicted octanol–water partition coefficient (Wildman–Crippen LogP) is 4.16. The zero-order valence-electron chi connectivity index (χ0n) is 25.1. The van der Waals surface area contributed by atoms with Crippen LogP contribution in [0.2, 0.25) is 0 Å². The van der Waals surface area contributed by atoms with Gasteiger partial charge in [0.1, 0.15) is 18.3 Å². The molecule has 1 atom stereocenters. The zero-order chi connectivity index (χ0) is 31.0. The van der Waals surface area contributed by atoms with Gasteiger partial charge in [-0.15, -0.1) is 0 Å². The van der Waals surface area contributed by atoms with Crippen LogP contribution in [0.25, 0.3) is 0 Å². The van der Waals surface area contributed by atoms with Crippen LogP contribution in [0.3, 0.4) is 0 Å². The smallest absolute Gasteiger partial charge is 0.264 e. The van der Waals surface area contributed by atoms with Crippen molar-refractivity contribution in [1.29, 1.82) is 0 Å². The first-order valence-corrected chi connectivity index (χ1v) is 14.9. The molecule has 42 heavy (non-hydrogen) atoms. The van der Waals surface area contributed by atoms with Crippen molar-refractivity contribution in [3.8, 4) is 17.2 Å². The number of ether oxygens (including phenoxy) is 3. The summed E-state index contributed by atoms with van der Waals surface area (Å²) < 4.78 is 45.2. The molecular formula is C31H39N3O7S. The van der Waals surface area contributed by atoms with Crippen molar-refractivity contribution < 1.29 is 32.2 Å². The summed E-state index contributed by atoms with van der Waals surface area (Å²) in [6.07, 6.45) is 0. The van der Waals surface area contributed by atoms with Crippen LogP contribution in [0, 0.1) is 6.92 Å². The molecular weight excluding hydrogens is 558 g/mol. The molecule has 3 aromatic rings. The summed E-state index contributed by atoms with van der Waals surface area (Å²) in [5.74, 6) is 0.271. The maximum atomic E-state index is 14.1. The molecule has 2 amide bonds. The molecule has 0 saturated carbocycles. The van der Waals surface area contributed by atoms with Crippen LogP contribution in [-0.2, 0) is 26.2 Å². The highest BCUT2D eigenvalue weighted by molar-refractivity contribution is 7.92. The fourth-order valence-corrected chi connectivity index (χ4v) is 5.73. The number of rotatable bonds is 13. The van der Waals surface area contributed by atoms with Crippen LogP contribution in [0.15, 0.2) is 71.6 Å². The second-order valence-corrected chi connectivity index (χ2v) is 11.9. The molecule has 0 fully saturated rings. The van der Waals surface area contributed by atoms with Gasteiger partial charge in [-0.25, -0.2) is 8.42 Å². The first-order chi connectivity index (χ1) is 19.9. The summed E-state index contributed by atoms with van der Waals surface area (Å²) in [5.41, 5.74) is 1.94. The molecule has 0 aliphatic carbocycles. The van der Waals surface area contributed by atoms with E-state index < -0.39 is 28.5 Å². The Morgan fingerprint density at radius 3 is 2.12 bits per heavy atom. The lowest BCUT2D eigenvalue weighted by atomic mass is 10.1. The molecule has 0 aromatic heterocycles. The van der Waals surface area contributed by atoms with Crippen molar-refractivity contribution in [3.05, 3.63) is 77.9 Å². The van der Waals surface area contributed by atoms with E-state index >= 15 is 0 Å². The lowest BCUT2D eigenvalue weighted by molar-refractivity contribution is -0.139. The van der Waals surface area contributed by atoms with E-state index in [4.69, 9.17) is 14.2 Å². The van der Waals surface area contributed by atoms with Crippen LogP contribution < -0.4 is 23.8 Å². The highest BCUT2D eigenvalue weighted by atomic mass is 32.2. The van der Waals surface area contributed by atoms with Gasteiger partial charge >= 0.3 is 0 Å². The number of nitrogens with one attached hydrogen (secondary N) is 1. The molecule has 0 aliphatic rings. The van der Waals surface area contributed by atoms with Crippen molar-refractivity contribution in [1.82, 2.24) is 10.2 Å². The van der Waals surface area contributed by atoms with Crippen LogP contribution >= 0.6 is 0 Å². The summed E-state index contributed by atoms with van der Waals surface area (Å²) in [7, 11) is 0.136. The van der Waals surface area contributed by atoms with E-state index in [1.165, 1.54) is 37.3 Å². The summed E-state index contributed by atoms with van der Waals surface area (Å²) >= 11 is 0. The fourth-order valence-electron chi connectivity index (χ4n) is 4.30. The van der Waals surface area contributed by atoms with Gasteiger partial charge in [0.25, 0.3) is 10.0 Å². The molecule has 0 unspecified atom stereocenters. The molecule has 0 heterocycles. The Balaban J connectivity index is 2.07. The number of methoxy groups -OCH3 is 3. The number of carbonyl (C=O) groups is 2. The standard InChI is InChI=1S/C31H39N3O7S/c1-21(2)32-31(36)23(4)33(19-24-9-8-10-26(17-24)39-5)30(35)20-34(25-13-11-22(3)12-14-25)42(37,38)27-15-16-28(40-6)29(18-27)41-7/h8-18,21,23H,19-20H2,1-7H3,(H,32,36)/t23-/m1/s1. The lowest BCUT2D eigenvalue weighted by Crippen LogP contribution is -2.52. The van der Waals surface area contributed by atoms with E-state index in [1.807, 2.05) is 26.8 Å². The van der Waals surface area contributed by atoms with Crippen LogP contribution in [0.1, 0.15) is 31.9 Å². The average Bonchev–Trinajstić information content (AvgIpc) is 2.97. The number of sulfonamides is 1. The zero-order valence-corrected chi connectivity index (χ0v) is 25.9. The van der Waals surface area contributed by atoms with E-state index in [9.17, 15) is 18.0 Å². The topological polar surface area (TPSA) is 114 Å². The largest absolute Gasteiger partial charge is 0.497 e. The maximum absolute atomic E-state index is 14.1. The molecule has 11 heteroatoms. The number of nitrogens with zero attached hydrogens (tertiary/aromatic N) is 2. The average molecular weight is 598 g/mol. The minimum absolute atomic E-state index is 0.0564. The van der Waals surface area contributed by atoms with E-state index in [-0.39, 0.29) is 29.1 Å². The molecule has 0 saturated heterocycles. The summed E-state index contributed by atoms with van der Waals surface area (Å²) in [6.45, 7) is 6.66. The number of hydrogen-bond donors (Lipinski definition) is 1. The SMILES string of the molecule is COc1cccc(CN(C(=O)CN(c2ccc(C)cc2)S(=O)(=O)c2ccc(OC)c(OC)c2)[C@H](C)C(=O)NC(C)C)c1. The van der Waals surface area contributed by atoms with Crippen molar-refractivity contribution in [2.75, 3.05) is 32.2 Å². The third-order valence-corrected chi connectivity index (χ3v) is 8.40. The Morgan fingerprint density at radius 2 is 1.52 bits per heavy atom. The Labute approximate surface area is 248 Å². The van der Waals surface area contributed by atoms with E-state index in [1.54, 1.807) is 56.5 Å². The summed E-state index contributed by atoms with van der Waals surface area (Å²) in [4.78, 5) is 28.4. The van der Waals surface area contributed by atoms with Gasteiger partial charge in [0, 0.05) is 18.7 Å². The van der Waals surface area contributed by atoms with Gasteiger partial charge in [-0.05, 0) is 69.7 Å². The van der Waals surface area contributed by atoms with Gasteiger partial charge in [0.05, 0.1) is 31.9 Å². The minimum Gasteiger partial charge on any atom is -0.497 e. The van der Waals surface area contributed by atoms with Crippen LogP contribution in [0.4, 0.5) is 5.69 Å². The molecule has 226 valence electrons. The van der Waals surface area contributed by atoms with Crippen LogP contribution in [-0.4, -0.2) is 65.1 Å². The van der Waals surface area contributed by atoms with Crippen LogP contribution in [0.5, 0.6) is 17.2 Å². The molecule has 1 N–H and O–H groups in total. The fraction of sp³-hybridized carbons (Fsp3) is 0.355. The van der Waals surface area contributed by atoms with Gasteiger partial charge < -0.3 is 24.4 Å². The first kappa shape index (κ1) is 32.3. The van der Waals surface area contributed by atoms with Crippen molar-refractivity contribution in [2.24, 2.45) is 0 Å². The number of carbonyl (C=O) groups excluding carboxylic acids is 2. The highest BCUT2D eigenvalue weighted by Gasteiger charge is 2.33. The summed E-state index contributed by atoms with van der Waals surface area (Å²) in [5, 5.41) is 2.84. The minimum atomic E-state index is -4.27. The molecule has 3 rings (SSSR count). The molecule has 0 radical (unpaired) electrons. The number of benzene rings is 3. The molecule has 3 aromatic carbocycles. The molecule has 0 aliphatic heterocycles.